The Hall–Kier alpha value is -0.460. The van der Waals surface area contributed by atoms with Gasteiger partial charge in [0.1, 0.15) is 0 Å². The minimum atomic E-state index is -4.47. The van der Waals surface area contributed by atoms with Gasteiger partial charge in [-0.2, -0.15) is 8.42 Å². The summed E-state index contributed by atoms with van der Waals surface area (Å²) < 4.78 is 29.8. The Morgan fingerprint density at radius 3 is 0.968 bits per heavy atom. The Labute approximate surface area is 193 Å². The monoisotopic (exact) mass is 463 g/mol. The van der Waals surface area contributed by atoms with Crippen LogP contribution in [0.3, 0.4) is 0 Å². The molecule has 0 amide bonds. The third-order valence-electron chi connectivity index (χ3n) is 6.02. The normalized spacial score (nSPS) is 11.4. The van der Waals surface area contributed by atoms with Gasteiger partial charge in [-0.3, -0.25) is 9.35 Å². The summed E-state index contributed by atoms with van der Waals surface area (Å²) in [7, 11) is -4.47. The van der Waals surface area contributed by atoms with Gasteiger partial charge in [-0.05, 0) is 6.42 Å². The van der Waals surface area contributed by atoms with E-state index in [0.717, 1.165) is 19.3 Å². The van der Waals surface area contributed by atoms with Crippen molar-refractivity contribution < 1.29 is 17.8 Å². The fourth-order valence-corrected chi connectivity index (χ4v) is 4.41. The van der Waals surface area contributed by atoms with E-state index in [9.17, 15) is 13.2 Å². The lowest BCUT2D eigenvalue weighted by molar-refractivity contribution is -0.112. The fourth-order valence-electron chi connectivity index (χ4n) is 4.01. The fraction of sp³-hybridized carbons (Fsp3) is 0.960. The predicted molar refractivity (Wildman–Crippen MR) is 133 cm³/mol. The molecule has 188 valence electrons. The summed E-state index contributed by atoms with van der Waals surface area (Å²) in [5.74, 6) is 0. The van der Waals surface area contributed by atoms with Crippen LogP contribution in [0.2, 0.25) is 0 Å². The molecule has 4 N–H and O–H groups in total. The molecule has 6 heteroatoms. The molecule has 0 saturated heterocycles. The molecule has 0 rings (SSSR count). The third kappa shape index (κ3) is 25.7. The molecule has 0 bridgehead atoms. The standard InChI is InChI=1S/C25H50O4S.H3N/c1-2-3-4-5-6-7-8-9-10-11-12-13-14-15-16-17-18-19-20-21-22-23-24-25(26)30(27,28)29;/h2-24H2,1H3,(H,27,28,29);1H3. The molecule has 0 saturated carbocycles. The van der Waals surface area contributed by atoms with Crippen molar-refractivity contribution in [3.8, 4) is 0 Å². The molecule has 0 aliphatic rings. The van der Waals surface area contributed by atoms with Gasteiger partial charge in [0.25, 0.3) is 5.12 Å². The van der Waals surface area contributed by atoms with E-state index in [0.29, 0.717) is 6.42 Å². The van der Waals surface area contributed by atoms with Gasteiger partial charge in [0.2, 0.25) is 0 Å². The molecule has 0 aliphatic heterocycles. The van der Waals surface area contributed by atoms with Crippen LogP contribution in [0, 0.1) is 0 Å². The Morgan fingerprint density at radius 1 is 0.516 bits per heavy atom. The van der Waals surface area contributed by atoms with Crippen LogP contribution in [0.4, 0.5) is 0 Å². The highest BCUT2D eigenvalue weighted by Crippen LogP contribution is 2.15. The first-order valence-electron chi connectivity index (χ1n) is 13.0. The summed E-state index contributed by atoms with van der Waals surface area (Å²) in [6.07, 6.45) is 28.5. The molecule has 0 aromatic heterocycles. The van der Waals surface area contributed by atoms with E-state index < -0.39 is 15.2 Å². The van der Waals surface area contributed by atoms with Crippen molar-refractivity contribution in [3.63, 3.8) is 0 Å². The number of rotatable bonds is 23. The van der Waals surface area contributed by atoms with E-state index in [-0.39, 0.29) is 12.6 Å². The lowest BCUT2D eigenvalue weighted by Gasteiger charge is -2.04. The summed E-state index contributed by atoms with van der Waals surface area (Å²) in [6, 6.07) is 0. The van der Waals surface area contributed by atoms with Gasteiger partial charge in [0.05, 0.1) is 0 Å². The molecular weight excluding hydrogens is 410 g/mol. The highest BCUT2D eigenvalue weighted by Gasteiger charge is 2.16. The molecule has 0 heterocycles. The van der Waals surface area contributed by atoms with E-state index in [2.05, 4.69) is 6.92 Å². The number of unbranched alkanes of at least 4 members (excludes halogenated alkanes) is 21. The van der Waals surface area contributed by atoms with Crippen molar-refractivity contribution in [2.75, 3.05) is 0 Å². The second-order valence-electron chi connectivity index (χ2n) is 9.02. The van der Waals surface area contributed by atoms with E-state index >= 15 is 0 Å². The Bertz CT molecular complexity index is 480. The first-order chi connectivity index (χ1) is 14.5. The van der Waals surface area contributed by atoms with Crippen molar-refractivity contribution in [1.82, 2.24) is 6.15 Å². The smallest absolute Gasteiger partial charge is 0.328 e. The van der Waals surface area contributed by atoms with Crippen LogP contribution < -0.4 is 6.15 Å². The molecule has 0 fully saturated rings. The third-order valence-corrected chi connectivity index (χ3v) is 6.80. The average molecular weight is 464 g/mol. The summed E-state index contributed by atoms with van der Waals surface area (Å²) in [6.45, 7) is 2.28. The highest BCUT2D eigenvalue weighted by atomic mass is 32.2. The number of carbonyl (C=O) groups excluding carboxylic acids is 1. The highest BCUT2D eigenvalue weighted by molar-refractivity contribution is 8.01. The quantitative estimate of drug-likeness (QED) is 0.116. The van der Waals surface area contributed by atoms with Gasteiger partial charge in [0.15, 0.2) is 0 Å². The van der Waals surface area contributed by atoms with Crippen LogP contribution in [-0.2, 0) is 14.9 Å². The van der Waals surface area contributed by atoms with Gasteiger partial charge in [-0.25, -0.2) is 0 Å². The lowest BCUT2D eigenvalue weighted by Crippen LogP contribution is -2.12. The zero-order valence-corrected chi connectivity index (χ0v) is 21.4. The summed E-state index contributed by atoms with van der Waals surface area (Å²) >= 11 is 0. The molecule has 5 nitrogen and oxygen atoms in total. The topological polar surface area (TPSA) is 106 Å². The zero-order chi connectivity index (χ0) is 22.3. The van der Waals surface area contributed by atoms with Crippen molar-refractivity contribution in [2.24, 2.45) is 0 Å². The van der Waals surface area contributed by atoms with Gasteiger partial charge in [0, 0.05) is 6.42 Å². The maximum absolute atomic E-state index is 11.0. The van der Waals surface area contributed by atoms with Gasteiger partial charge < -0.3 is 6.15 Å². The molecule has 0 aromatic carbocycles. The first-order valence-corrected chi connectivity index (χ1v) is 14.4. The number of carbonyl (C=O) groups is 1. The van der Waals surface area contributed by atoms with E-state index in [1.807, 2.05) is 0 Å². The Morgan fingerprint density at radius 2 is 0.742 bits per heavy atom. The maximum Gasteiger partial charge on any atom is 0.328 e. The molecular formula is C25H53NO4S. The van der Waals surface area contributed by atoms with E-state index in [4.69, 9.17) is 4.55 Å². The van der Waals surface area contributed by atoms with Crippen LogP contribution in [0.25, 0.3) is 0 Å². The SMILES string of the molecule is CCCCCCCCCCCCCCCCCCCCCCCCC(=O)S(=O)(=O)O.N. The molecule has 31 heavy (non-hydrogen) atoms. The molecule has 0 aliphatic carbocycles. The number of hydrogen-bond acceptors (Lipinski definition) is 4. The van der Waals surface area contributed by atoms with Gasteiger partial charge in [-0.15, -0.1) is 0 Å². The van der Waals surface area contributed by atoms with Crippen molar-refractivity contribution in [2.45, 2.75) is 155 Å². The molecule has 0 atom stereocenters. The Balaban J connectivity index is 0. The van der Waals surface area contributed by atoms with E-state index in [1.54, 1.807) is 0 Å². The number of hydrogen-bond donors (Lipinski definition) is 2. The Kier molecular flexibility index (Phi) is 25.5. The minimum absolute atomic E-state index is 0. The second kappa shape index (κ2) is 24.2. The molecule has 0 radical (unpaired) electrons. The minimum Gasteiger partial charge on any atom is -0.344 e. The van der Waals surface area contributed by atoms with Crippen molar-refractivity contribution >= 4 is 15.2 Å². The summed E-state index contributed by atoms with van der Waals surface area (Å²) in [5, 5.41) is -1.05. The van der Waals surface area contributed by atoms with Crippen LogP contribution in [0.1, 0.15) is 155 Å². The van der Waals surface area contributed by atoms with Gasteiger partial charge >= 0.3 is 10.1 Å². The van der Waals surface area contributed by atoms with Crippen LogP contribution >= 0.6 is 0 Å². The summed E-state index contributed by atoms with van der Waals surface area (Å²) in [4.78, 5) is 11.0. The zero-order valence-electron chi connectivity index (χ0n) is 20.6. The molecule has 0 aromatic rings. The second-order valence-corrected chi connectivity index (χ2v) is 10.4. The first kappa shape index (κ1) is 32.7. The molecule has 0 spiro atoms. The van der Waals surface area contributed by atoms with Crippen LogP contribution in [-0.4, -0.2) is 18.1 Å². The largest absolute Gasteiger partial charge is 0.344 e. The lowest BCUT2D eigenvalue weighted by atomic mass is 10.0. The molecule has 0 unspecified atom stereocenters. The van der Waals surface area contributed by atoms with Crippen LogP contribution in [0.15, 0.2) is 0 Å². The average Bonchev–Trinajstić information content (AvgIpc) is 2.71. The van der Waals surface area contributed by atoms with E-state index in [1.165, 1.54) is 116 Å². The van der Waals surface area contributed by atoms with Crippen molar-refractivity contribution in [1.29, 1.82) is 0 Å². The summed E-state index contributed by atoms with van der Waals surface area (Å²) in [5.41, 5.74) is 0. The predicted octanol–water partition coefficient (Wildman–Crippen LogP) is 8.56. The maximum atomic E-state index is 11.0. The van der Waals surface area contributed by atoms with Gasteiger partial charge in [-0.1, -0.05) is 142 Å². The van der Waals surface area contributed by atoms with Crippen molar-refractivity contribution in [3.05, 3.63) is 0 Å². The van der Waals surface area contributed by atoms with Crippen LogP contribution in [0.5, 0.6) is 0 Å².